The summed E-state index contributed by atoms with van der Waals surface area (Å²) < 4.78 is 6.14. The maximum atomic E-state index is 11.8. The second kappa shape index (κ2) is 5.86. The van der Waals surface area contributed by atoms with E-state index in [1.54, 1.807) is 12.1 Å². The highest BCUT2D eigenvalue weighted by Crippen LogP contribution is 2.17. The van der Waals surface area contributed by atoms with E-state index >= 15 is 0 Å². The summed E-state index contributed by atoms with van der Waals surface area (Å²) in [6.07, 6.45) is 0. The summed E-state index contributed by atoms with van der Waals surface area (Å²) >= 11 is 2.27. The summed E-state index contributed by atoms with van der Waals surface area (Å²) in [6.45, 7) is 0. The summed E-state index contributed by atoms with van der Waals surface area (Å²) in [5.41, 5.74) is 1.59. The lowest BCUT2D eigenvalue weighted by atomic mass is 10.2. The fourth-order valence-corrected chi connectivity index (χ4v) is 1.92. The average Bonchev–Trinajstić information content (AvgIpc) is 2.40. The van der Waals surface area contributed by atoms with Crippen LogP contribution in [0.5, 0.6) is 11.5 Å². The molecule has 2 aromatic rings. The van der Waals surface area contributed by atoms with Gasteiger partial charge in [0.25, 0.3) is 0 Å². The van der Waals surface area contributed by atoms with Crippen molar-refractivity contribution in [2.24, 2.45) is 0 Å². The minimum atomic E-state index is -0.433. The first-order chi connectivity index (χ1) is 8.69. The molecule has 18 heavy (non-hydrogen) atoms. The molecule has 0 heterocycles. The molecule has 0 spiro atoms. The topological polar surface area (TPSA) is 46.5 Å². The molecule has 4 heteroatoms. The van der Waals surface area contributed by atoms with Crippen molar-refractivity contribution in [3.05, 3.63) is 59.7 Å². The lowest BCUT2D eigenvalue weighted by molar-refractivity contribution is 0.0735. The molecular formula is C14H11IO3. The van der Waals surface area contributed by atoms with Gasteiger partial charge in [0.2, 0.25) is 0 Å². The van der Waals surface area contributed by atoms with Crippen molar-refractivity contribution >= 4 is 28.6 Å². The Morgan fingerprint density at radius 3 is 2.22 bits per heavy atom. The predicted molar refractivity (Wildman–Crippen MR) is 77.2 cm³/mol. The van der Waals surface area contributed by atoms with Crippen LogP contribution in [0, 0.1) is 0 Å². The number of carbonyl (C=O) groups is 1. The number of rotatable bonds is 3. The van der Waals surface area contributed by atoms with Crippen LogP contribution in [-0.2, 0) is 4.43 Å². The van der Waals surface area contributed by atoms with Crippen molar-refractivity contribution < 1.29 is 14.6 Å². The Bertz CT molecular complexity index is 532. The zero-order valence-electron chi connectivity index (χ0n) is 9.47. The fourth-order valence-electron chi connectivity index (χ4n) is 1.41. The molecule has 1 N–H and O–H groups in total. The van der Waals surface area contributed by atoms with Gasteiger partial charge in [-0.15, -0.1) is 0 Å². The first-order valence-corrected chi connectivity index (χ1v) is 6.88. The third-order valence-corrected chi connectivity index (χ3v) is 3.27. The van der Waals surface area contributed by atoms with Gasteiger partial charge in [-0.1, -0.05) is 34.7 Å². The number of ether oxygens (including phenoxy) is 1. The fraction of sp³-hybridized carbons (Fsp3) is 0.0714. The molecule has 0 atom stereocenters. The monoisotopic (exact) mass is 354 g/mol. The predicted octanol–water partition coefficient (Wildman–Crippen LogP) is 3.55. The molecule has 0 aliphatic carbocycles. The molecule has 0 aromatic heterocycles. The highest BCUT2D eigenvalue weighted by Gasteiger charge is 2.08. The number of phenolic OH excluding ortho intramolecular Hbond substituents is 1. The molecule has 2 rings (SSSR count). The molecule has 2 aromatic carbocycles. The van der Waals surface area contributed by atoms with E-state index < -0.39 is 5.97 Å². The van der Waals surface area contributed by atoms with Crippen molar-refractivity contribution in [3.8, 4) is 11.5 Å². The lowest BCUT2D eigenvalue weighted by Gasteiger charge is -2.05. The van der Waals surface area contributed by atoms with Gasteiger partial charge in [0, 0.05) is 4.43 Å². The van der Waals surface area contributed by atoms with E-state index in [2.05, 4.69) is 22.6 Å². The van der Waals surface area contributed by atoms with Gasteiger partial charge >= 0.3 is 5.97 Å². The van der Waals surface area contributed by atoms with Crippen LogP contribution in [0.4, 0.5) is 0 Å². The van der Waals surface area contributed by atoms with Crippen LogP contribution in [0.2, 0.25) is 0 Å². The van der Waals surface area contributed by atoms with Crippen molar-refractivity contribution in [1.29, 1.82) is 0 Å². The summed E-state index contributed by atoms with van der Waals surface area (Å²) in [5, 5.41) is 9.13. The average molecular weight is 354 g/mol. The Balaban J connectivity index is 2.08. The molecule has 0 radical (unpaired) electrons. The van der Waals surface area contributed by atoms with Crippen molar-refractivity contribution in [2.45, 2.75) is 4.43 Å². The van der Waals surface area contributed by atoms with Crippen LogP contribution < -0.4 is 4.74 Å². The number of benzene rings is 2. The van der Waals surface area contributed by atoms with Gasteiger partial charge in [-0.3, -0.25) is 0 Å². The van der Waals surface area contributed by atoms with E-state index in [1.165, 1.54) is 29.8 Å². The number of aromatic hydroxyl groups is 1. The minimum Gasteiger partial charge on any atom is -0.508 e. The Morgan fingerprint density at radius 1 is 1.06 bits per heavy atom. The van der Waals surface area contributed by atoms with Crippen molar-refractivity contribution in [3.63, 3.8) is 0 Å². The SMILES string of the molecule is O=C(Oc1ccc(CI)cc1)c1ccc(O)cc1. The summed E-state index contributed by atoms with van der Waals surface area (Å²) in [5.74, 6) is 0.205. The molecule has 0 amide bonds. The molecule has 0 fully saturated rings. The number of halogens is 1. The smallest absolute Gasteiger partial charge is 0.343 e. The number of esters is 1. The highest BCUT2D eigenvalue weighted by atomic mass is 127. The number of hydrogen-bond acceptors (Lipinski definition) is 3. The van der Waals surface area contributed by atoms with Gasteiger partial charge in [0.1, 0.15) is 11.5 Å². The molecule has 0 unspecified atom stereocenters. The molecular weight excluding hydrogens is 343 g/mol. The van der Waals surface area contributed by atoms with Crippen LogP contribution in [-0.4, -0.2) is 11.1 Å². The second-order valence-electron chi connectivity index (χ2n) is 3.71. The minimum absolute atomic E-state index is 0.123. The Hall–Kier alpha value is -1.56. The molecule has 3 nitrogen and oxygen atoms in total. The molecule has 0 bridgehead atoms. The number of phenols is 1. The normalized spacial score (nSPS) is 10.1. The molecule has 92 valence electrons. The molecule has 0 aliphatic rings. The number of alkyl halides is 1. The standard InChI is InChI=1S/C14H11IO3/c15-9-10-1-7-13(8-2-10)18-14(17)11-3-5-12(16)6-4-11/h1-8,16H,9H2. The van der Waals surface area contributed by atoms with Gasteiger partial charge in [-0.25, -0.2) is 4.79 Å². The van der Waals surface area contributed by atoms with Crippen LogP contribution >= 0.6 is 22.6 Å². The van der Waals surface area contributed by atoms with E-state index in [4.69, 9.17) is 9.84 Å². The maximum absolute atomic E-state index is 11.8. The largest absolute Gasteiger partial charge is 0.508 e. The van der Waals surface area contributed by atoms with Crippen molar-refractivity contribution in [1.82, 2.24) is 0 Å². The van der Waals surface area contributed by atoms with Crippen LogP contribution in [0.15, 0.2) is 48.5 Å². The molecule has 0 aliphatic heterocycles. The van der Waals surface area contributed by atoms with Crippen LogP contribution in [0.1, 0.15) is 15.9 Å². The summed E-state index contributed by atoms with van der Waals surface area (Å²) in [4.78, 5) is 11.8. The first kappa shape index (κ1) is 12.9. The van der Waals surface area contributed by atoms with Gasteiger partial charge < -0.3 is 9.84 Å². The molecule has 0 saturated carbocycles. The maximum Gasteiger partial charge on any atom is 0.343 e. The Kier molecular flexibility index (Phi) is 4.19. The Morgan fingerprint density at radius 2 is 1.67 bits per heavy atom. The molecule has 0 saturated heterocycles. The zero-order chi connectivity index (χ0) is 13.0. The second-order valence-corrected chi connectivity index (χ2v) is 4.48. The third-order valence-electron chi connectivity index (χ3n) is 2.39. The van der Waals surface area contributed by atoms with E-state index in [-0.39, 0.29) is 5.75 Å². The van der Waals surface area contributed by atoms with Gasteiger partial charge in [0.15, 0.2) is 0 Å². The van der Waals surface area contributed by atoms with Crippen LogP contribution in [0.25, 0.3) is 0 Å². The zero-order valence-corrected chi connectivity index (χ0v) is 11.6. The Labute approximate surface area is 119 Å². The quantitative estimate of drug-likeness (QED) is 0.397. The number of carbonyl (C=O) groups excluding carboxylic acids is 1. The lowest BCUT2D eigenvalue weighted by Crippen LogP contribution is -2.08. The third kappa shape index (κ3) is 3.22. The van der Waals surface area contributed by atoms with E-state index in [0.717, 1.165) is 4.43 Å². The summed E-state index contributed by atoms with van der Waals surface area (Å²) in [6, 6.07) is 13.3. The van der Waals surface area contributed by atoms with Gasteiger partial charge in [-0.2, -0.15) is 0 Å². The highest BCUT2D eigenvalue weighted by molar-refractivity contribution is 14.1. The van der Waals surface area contributed by atoms with Crippen molar-refractivity contribution in [2.75, 3.05) is 0 Å². The van der Waals surface area contributed by atoms with E-state index in [0.29, 0.717) is 11.3 Å². The van der Waals surface area contributed by atoms with Gasteiger partial charge in [0.05, 0.1) is 5.56 Å². The van der Waals surface area contributed by atoms with E-state index in [1.807, 2.05) is 12.1 Å². The van der Waals surface area contributed by atoms with Crippen LogP contribution in [0.3, 0.4) is 0 Å². The van der Waals surface area contributed by atoms with E-state index in [9.17, 15) is 4.79 Å². The summed E-state index contributed by atoms with van der Waals surface area (Å²) in [7, 11) is 0. The van der Waals surface area contributed by atoms with Gasteiger partial charge in [-0.05, 0) is 42.0 Å². The number of hydrogen-bond donors (Lipinski definition) is 1. The first-order valence-electron chi connectivity index (χ1n) is 5.35.